The minimum absolute atomic E-state index is 0.0307. The summed E-state index contributed by atoms with van der Waals surface area (Å²) >= 11 is 4.97. The van der Waals surface area contributed by atoms with Gasteiger partial charge in [-0.1, -0.05) is 0 Å². The van der Waals surface area contributed by atoms with Gasteiger partial charge in [-0.05, 0) is 51.1 Å². The van der Waals surface area contributed by atoms with E-state index in [-0.39, 0.29) is 5.56 Å². The molecule has 2 rings (SSSR count). The molecule has 2 N–H and O–H groups in total. The molecule has 1 aromatic carbocycles. The first-order valence-electron chi connectivity index (χ1n) is 5.59. The zero-order valence-corrected chi connectivity index (χ0v) is 12.6. The van der Waals surface area contributed by atoms with Crippen molar-refractivity contribution in [3.8, 4) is 0 Å². The van der Waals surface area contributed by atoms with Gasteiger partial charge < -0.3 is 10.6 Å². The van der Waals surface area contributed by atoms with Gasteiger partial charge in [-0.15, -0.1) is 11.3 Å². The van der Waals surface area contributed by atoms with Gasteiger partial charge in [0.2, 0.25) is 0 Å². The minimum atomic E-state index is -2.53. The van der Waals surface area contributed by atoms with Crippen LogP contribution in [0.1, 0.15) is 17.6 Å². The summed E-state index contributed by atoms with van der Waals surface area (Å²) in [4.78, 5) is 1.80. The van der Waals surface area contributed by atoms with Gasteiger partial charge in [0.15, 0.2) is 0 Å². The molecule has 0 aliphatic carbocycles. The van der Waals surface area contributed by atoms with Gasteiger partial charge in [0.1, 0.15) is 0 Å². The van der Waals surface area contributed by atoms with Crippen LogP contribution in [-0.4, -0.2) is 7.05 Å². The fourth-order valence-corrected chi connectivity index (χ4v) is 3.08. The quantitative estimate of drug-likeness (QED) is 0.815. The topological polar surface area (TPSA) is 29.3 Å². The molecule has 2 nitrogen and oxygen atoms in total. The Morgan fingerprint density at radius 3 is 2.68 bits per heavy atom. The van der Waals surface area contributed by atoms with Crippen molar-refractivity contribution in [3.63, 3.8) is 0 Å². The van der Waals surface area contributed by atoms with Crippen molar-refractivity contribution in [2.24, 2.45) is 0 Å². The molecule has 2 aromatic rings. The number of anilines is 2. The summed E-state index contributed by atoms with van der Waals surface area (Å²) in [5, 5.41) is 2.00. The molecular weight excluding hydrogens is 334 g/mol. The fourth-order valence-electron chi connectivity index (χ4n) is 1.88. The highest BCUT2D eigenvalue weighted by atomic mass is 79.9. The van der Waals surface area contributed by atoms with Crippen molar-refractivity contribution in [2.45, 2.75) is 13.0 Å². The number of nitrogens with zero attached hydrogens (tertiary/aromatic N) is 1. The summed E-state index contributed by atoms with van der Waals surface area (Å²) in [6.45, 7) is 0.575. The lowest BCUT2D eigenvalue weighted by Gasteiger charge is -2.22. The van der Waals surface area contributed by atoms with E-state index in [0.29, 0.717) is 17.9 Å². The van der Waals surface area contributed by atoms with E-state index in [9.17, 15) is 8.78 Å². The minimum Gasteiger partial charge on any atom is -0.399 e. The van der Waals surface area contributed by atoms with Crippen molar-refractivity contribution >= 4 is 38.6 Å². The smallest absolute Gasteiger partial charge is 0.265 e. The number of rotatable bonds is 4. The van der Waals surface area contributed by atoms with E-state index in [2.05, 4.69) is 15.9 Å². The predicted octanol–water partition coefficient (Wildman–Crippen LogP) is 4.67. The van der Waals surface area contributed by atoms with Crippen LogP contribution in [0.5, 0.6) is 0 Å². The maximum atomic E-state index is 13.0. The van der Waals surface area contributed by atoms with Crippen molar-refractivity contribution in [1.82, 2.24) is 0 Å². The number of benzene rings is 1. The molecule has 102 valence electrons. The maximum Gasteiger partial charge on any atom is 0.265 e. The summed E-state index contributed by atoms with van der Waals surface area (Å²) in [6.07, 6.45) is -2.53. The molecule has 0 unspecified atom stereocenters. The van der Waals surface area contributed by atoms with Gasteiger partial charge in [0.05, 0.1) is 3.79 Å². The number of nitrogen functional groups attached to an aromatic ring is 1. The third-order valence-electron chi connectivity index (χ3n) is 2.74. The van der Waals surface area contributed by atoms with Crippen LogP contribution in [0, 0.1) is 0 Å². The Morgan fingerprint density at radius 2 is 2.11 bits per heavy atom. The summed E-state index contributed by atoms with van der Waals surface area (Å²) < 4.78 is 27.1. The van der Waals surface area contributed by atoms with Crippen molar-refractivity contribution in [3.05, 3.63) is 44.6 Å². The molecule has 0 atom stereocenters. The highest BCUT2D eigenvalue weighted by Gasteiger charge is 2.16. The Morgan fingerprint density at radius 1 is 1.37 bits per heavy atom. The van der Waals surface area contributed by atoms with Crippen molar-refractivity contribution < 1.29 is 8.78 Å². The predicted molar refractivity (Wildman–Crippen MR) is 79.9 cm³/mol. The van der Waals surface area contributed by atoms with Gasteiger partial charge in [0.25, 0.3) is 6.43 Å². The number of halogens is 3. The van der Waals surface area contributed by atoms with Crippen LogP contribution >= 0.6 is 27.3 Å². The normalized spacial score (nSPS) is 11.0. The number of hydrogen-bond donors (Lipinski definition) is 1. The molecule has 19 heavy (non-hydrogen) atoms. The van der Waals surface area contributed by atoms with Crippen LogP contribution in [0.4, 0.5) is 20.2 Å². The lowest BCUT2D eigenvalue weighted by Crippen LogP contribution is -2.18. The average molecular weight is 347 g/mol. The lowest BCUT2D eigenvalue weighted by atomic mass is 10.1. The van der Waals surface area contributed by atoms with Gasteiger partial charge in [-0.25, -0.2) is 8.78 Å². The Hall–Kier alpha value is -1.14. The van der Waals surface area contributed by atoms with Gasteiger partial charge >= 0.3 is 0 Å². The largest absolute Gasteiger partial charge is 0.399 e. The summed E-state index contributed by atoms with van der Waals surface area (Å²) in [7, 11) is 1.79. The Bertz CT molecular complexity index is 572. The second-order valence-corrected chi connectivity index (χ2v) is 6.52. The maximum absolute atomic E-state index is 13.0. The summed E-state index contributed by atoms with van der Waals surface area (Å²) in [5.74, 6) is 0. The second-order valence-electron chi connectivity index (χ2n) is 4.23. The van der Waals surface area contributed by atoms with Crippen LogP contribution < -0.4 is 10.6 Å². The van der Waals surface area contributed by atoms with Gasteiger partial charge in [0, 0.05) is 30.5 Å². The summed E-state index contributed by atoms with van der Waals surface area (Å²) in [5.41, 5.74) is 7.47. The van der Waals surface area contributed by atoms with Gasteiger partial charge in [-0.2, -0.15) is 0 Å². The highest BCUT2D eigenvalue weighted by Crippen LogP contribution is 2.32. The standard InChI is InChI=1S/C13H13BrF2N2S/c1-18(6-8-4-12(14)19-7-8)11-3-2-9(17)5-10(11)13(15)16/h2-5,7,13H,6,17H2,1H3. The zero-order chi connectivity index (χ0) is 14.0. The molecule has 1 aromatic heterocycles. The molecule has 0 radical (unpaired) electrons. The molecule has 0 saturated heterocycles. The Kier molecular flexibility index (Phi) is 4.42. The first kappa shape index (κ1) is 14.3. The monoisotopic (exact) mass is 346 g/mol. The second kappa shape index (κ2) is 5.88. The molecule has 6 heteroatoms. The first-order valence-corrected chi connectivity index (χ1v) is 7.26. The van der Waals surface area contributed by atoms with Crippen LogP contribution in [0.3, 0.4) is 0 Å². The number of alkyl halides is 2. The average Bonchev–Trinajstić information content (AvgIpc) is 2.74. The first-order chi connectivity index (χ1) is 8.97. The third kappa shape index (κ3) is 3.45. The fraction of sp³-hybridized carbons (Fsp3) is 0.231. The van der Waals surface area contributed by atoms with E-state index < -0.39 is 6.43 Å². The lowest BCUT2D eigenvalue weighted by molar-refractivity contribution is 0.152. The van der Waals surface area contributed by atoms with E-state index in [4.69, 9.17) is 5.73 Å². The van der Waals surface area contributed by atoms with Crippen LogP contribution in [0.2, 0.25) is 0 Å². The number of hydrogen-bond acceptors (Lipinski definition) is 3. The van der Waals surface area contributed by atoms with Crippen LogP contribution in [-0.2, 0) is 6.54 Å². The molecule has 0 amide bonds. The number of nitrogens with two attached hydrogens (primary N) is 1. The van der Waals surface area contributed by atoms with Crippen LogP contribution in [0.25, 0.3) is 0 Å². The molecule has 0 bridgehead atoms. The van der Waals surface area contributed by atoms with E-state index in [1.165, 1.54) is 6.07 Å². The molecule has 0 aliphatic rings. The van der Waals surface area contributed by atoms with E-state index in [1.807, 2.05) is 11.4 Å². The number of thiophene rings is 1. The van der Waals surface area contributed by atoms with Gasteiger partial charge in [-0.3, -0.25) is 0 Å². The molecular formula is C13H13BrF2N2S. The van der Waals surface area contributed by atoms with E-state index in [1.54, 1.807) is 35.4 Å². The summed E-state index contributed by atoms with van der Waals surface area (Å²) in [6, 6.07) is 6.60. The van der Waals surface area contributed by atoms with Crippen LogP contribution in [0.15, 0.2) is 33.4 Å². The Labute approximate surface area is 123 Å². The highest BCUT2D eigenvalue weighted by molar-refractivity contribution is 9.11. The van der Waals surface area contributed by atoms with Crippen molar-refractivity contribution in [2.75, 3.05) is 17.7 Å². The Balaban J connectivity index is 2.25. The third-order valence-corrected chi connectivity index (χ3v) is 4.29. The molecule has 0 saturated carbocycles. The molecule has 0 aliphatic heterocycles. The molecule has 1 heterocycles. The van der Waals surface area contributed by atoms with E-state index >= 15 is 0 Å². The molecule has 0 spiro atoms. The SMILES string of the molecule is CN(Cc1csc(Br)c1)c1ccc(N)cc1C(F)F. The molecule has 0 fully saturated rings. The zero-order valence-electron chi connectivity index (χ0n) is 10.2. The van der Waals surface area contributed by atoms with Crippen molar-refractivity contribution in [1.29, 1.82) is 0 Å². The van der Waals surface area contributed by atoms with E-state index in [0.717, 1.165) is 9.35 Å².